The fourth-order valence-electron chi connectivity index (χ4n) is 7.98. The van der Waals surface area contributed by atoms with Gasteiger partial charge in [-0.25, -0.2) is 4.99 Å². The summed E-state index contributed by atoms with van der Waals surface area (Å²) < 4.78 is 50.7. The Balaban J connectivity index is 1.42. The van der Waals surface area contributed by atoms with Crippen molar-refractivity contribution in [3.8, 4) is 23.3 Å². The first kappa shape index (κ1) is 32.2. The molecular weight excluding hydrogens is 630 g/mol. The second-order valence-corrected chi connectivity index (χ2v) is 14.9. The molecule has 7 N–H and O–H groups in total. The minimum atomic E-state index is -4.52. The molecule has 10 rings (SSSR count). The average Bonchev–Trinajstić information content (AvgIpc) is 3.14. The molecule has 0 radical (unpaired) electrons. The summed E-state index contributed by atoms with van der Waals surface area (Å²) >= 11 is 0. The van der Waals surface area contributed by atoms with Crippen molar-refractivity contribution in [3.63, 3.8) is 0 Å². The van der Waals surface area contributed by atoms with Crippen LogP contribution in [0, 0.1) is 29.6 Å². The van der Waals surface area contributed by atoms with E-state index in [1.807, 2.05) is 48.5 Å². The third-order valence-corrected chi connectivity index (χ3v) is 11.6. The second kappa shape index (κ2) is 12.9. The van der Waals surface area contributed by atoms with Crippen molar-refractivity contribution in [2.24, 2.45) is 34.2 Å². The number of hydrogen-bond donors (Lipinski definition) is 5. The van der Waals surface area contributed by atoms with Crippen LogP contribution in [0.4, 0.5) is 0 Å². The van der Waals surface area contributed by atoms with E-state index in [2.05, 4.69) is 16.8 Å². The van der Waals surface area contributed by atoms with Gasteiger partial charge in [-0.3, -0.25) is 4.55 Å². The number of allylic oxidation sites excluding steroid dienone is 1. The topological polar surface area (TPSA) is 178 Å². The van der Waals surface area contributed by atoms with Gasteiger partial charge in [-0.15, -0.1) is 0 Å². The number of hydrogen-bond acceptors (Lipinski definition) is 7. The highest BCUT2D eigenvalue weighted by Gasteiger charge is 2.47. The number of fused-ring (bicyclic) bond motifs is 7. The Morgan fingerprint density at radius 2 is 1.77 bits per heavy atom. The minimum absolute atomic E-state index is 0.0820. The van der Waals surface area contributed by atoms with Gasteiger partial charge in [-0.2, -0.15) is 8.42 Å². The molecule has 3 aromatic carbocycles. The van der Waals surface area contributed by atoms with Gasteiger partial charge in [0.1, 0.15) is 17.6 Å². The molecule has 6 aliphatic heterocycles. The number of benzene rings is 3. The quantitative estimate of drug-likeness (QED) is 0.0884. The van der Waals surface area contributed by atoms with Crippen LogP contribution in [-0.4, -0.2) is 47.1 Å². The van der Waals surface area contributed by atoms with Gasteiger partial charge in [0, 0.05) is 41.6 Å². The Hall–Kier alpha value is -4.34. The molecule has 3 aromatic rings. The predicted molar refractivity (Wildman–Crippen MR) is 181 cm³/mol. The summed E-state index contributed by atoms with van der Waals surface area (Å²) in [6.45, 7) is -0.124. The van der Waals surface area contributed by atoms with Gasteiger partial charge in [-0.1, -0.05) is 60.4 Å². The number of rotatable bonds is 3. The summed E-state index contributed by atoms with van der Waals surface area (Å²) in [6.07, 6.45) is 2.43. The van der Waals surface area contributed by atoms with Crippen LogP contribution < -0.4 is 16.2 Å². The number of phenols is 1. The van der Waals surface area contributed by atoms with Crippen molar-refractivity contribution in [1.82, 2.24) is 0 Å². The van der Waals surface area contributed by atoms with Gasteiger partial charge in [-0.05, 0) is 78.5 Å². The van der Waals surface area contributed by atoms with E-state index in [0.29, 0.717) is 42.6 Å². The maximum atomic E-state index is 13.4. The summed E-state index contributed by atoms with van der Waals surface area (Å²) in [5, 5.41) is 19.7. The molecule has 48 heavy (non-hydrogen) atoms. The molecule has 0 amide bonds. The van der Waals surface area contributed by atoms with Crippen LogP contribution >= 0.6 is 0 Å². The van der Waals surface area contributed by atoms with Crippen LogP contribution in [0.15, 0.2) is 83.4 Å². The maximum Gasteiger partial charge on any atom is 0.268 e. The van der Waals surface area contributed by atoms with Crippen molar-refractivity contribution in [3.05, 3.63) is 106 Å². The monoisotopic (exact) mass is 669 g/mol. The van der Waals surface area contributed by atoms with Crippen molar-refractivity contribution >= 4 is 16.1 Å². The smallest absolute Gasteiger partial charge is 0.268 e. The number of ether oxygens (including phenoxy) is 2. The lowest BCUT2D eigenvalue weighted by Crippen LogP contribution is -2.39. The molecule has 6 heterocycles. The van der Waals surface area contributed by atoms with Crippen LogP contribution in [0.2, 0.25) is 0 Å². The molecule has 7 aliphatic rings. The first-order chi connectivity index (χ1) is 23.1. The van der Waals surface area contributed by atoms with Crippen molar-refractivity contribution in [2.75, 3.05) is 6.61 Å². The van der Waals surface area contributed by atoms with E-state index in [0.717, 1.165) is 22.3 Å². The largest absolute Gasteiger partial charge is 0.508 e. The van der Waals surface area contributed by atoms with E-state index in [-0.39, 0.29) is 48.6 Å². The number of aromatic hydroxyl groups is 1. The molecule has 250 valence electrons. The molecule has 0 saturated carbocycles. The van der Waals surface area contributed by atoms with Crippen molar-refractivity contribution < 1.29 is 32.7 Å². The zero-order valence-corrected chi connectivity index (χ0v) is 27.1. The summed E-state index contributed by atoms with van der Waals surface area (Å²) in [5.41, 5.74) is 16.4. The van der Waals surface area contributed by atoms with Crippen molar-refractivity contribution in [2.45, 2.75) is 61.7 Å². The summed E-state index contributed by atoms with van der Waals surface area (Å²) in [4.78, 5) is 4.33. The van der Waals surface area contributed by atoms with Gasteiger partial charge >= 0.3 is 0 Å². The second-order valence-electron chi connectivity index (χ2n) is 13.2. The summed E-state index contributed by atoms with van der Waals surface area (Å²) in [6, 6.07) is 20.1. The van der Waals surface area contributed by atoms with E-state index in [1.165, 1.54) is 0 Å². The number of nitrogens with two attached hydrogens (primary N) is 2. The maximum absolute atomic E-state index is 13.4. The third kappa shape index (κ3) is 6.41. The molecule has 1 saturated heterocycles. The molecule has 0 spiro atoms. The Morgan fingerprint density at radius 1 is 1.02 bits per heavy atom. The highest BCUT2D eigenvalue weighted by atomic mass is 32.2. The number of guanidine groups is 1. The molecule has 8 bridgehead atoms. The van der Waals surface area contributed by atoms with Crippen molar-refractivity contribution in [1.29, 1.82) is 0 Å². The number of nitrogens with zero attached hydrogens (tertiary/aromatic N) is 1. The van der Waals surface area contributed by atoms with E-state index >= 15 is 0 Å². The van der Waals surface area contributed by atoms with Crippen LogP contribution in [0.3, 0.4) is 0 Å². The minimum Gasteiger partial charge on any atom is -0.508 e. The Labute approximate surface area is 280 Å². The Kier molecular flexibility index (Phi) is 8.68. The predicted octanol–water partition coefficient (Wildman–Crippen LogP) is 4.49. The Morgan fingerprint density at radius 3 is 2.48 bits per heavy atom. The number of aliphatic imine (C=N–C) groups is 1. The molecule has 1 aliphatic carbocycles. The van der Waals surface area contributed by atoms with E-state index in [1.54, 1.807) is 24.3 Å². The molecule has 0 aromatic heterocycles. The zero-order chi connectivity index (χ0) is 33.6. The van der Waals surface area contributed by atoms with E-state index in [9.17, 15) is 23.2 Å². The summed E-state index contributed by atoms with van der Waals surface area (Å²) in [7, 11) is -4.52. The SMILES string of the molecule is NC(N)=NC1Oc2ccc(cc2)CCC(S(=O)(=O)O)C2C=C3CC(CC4OC3c3ccc(O)cc3C#CCC4CO)C2c2ccc1cc2. The lowest BCUT2D eigenvalue weighted by Gasteiger charge is -2.40. The zero-order valence-electron chi connectivity index (χ0n) is 26.3. The first-order valence-electron chi connectivity index (χ1n) is 16.3. The number of aliphatic hydroxyl groups is 1. The number of aryl methyl sites for hydroxylation is 1. The van der Waals surface area contributed by atoms with Crippen LogP contribution in [0.5, 0.6) is 11.5 Å². The average molecular weight is 670 g/mol. The van der Waals surface area contributed by atoms with E-state index < -0.39 is 33.6 Å². The van der Waals surface area contributed by atoms with Crippen LogP contribution in [0.1, 0.15) is 71.8 Å². The van der Waals surface area contributed by atoms with Gasteiger partial charge < -0.3 is 31.2 Å². The fourth-order valence-corrected chi connectivity index (χ4v) is 9.05. The van der Waals surface area contributed by atoms with Crippen LogP contribution in [0.25, 0.3) is 0 Å². The number of phenolic OH excluding ortho intramolecular Hbond substituents is 1. The lowest BCUT2D eigenvalue weighted by atomic mass is 9.65. The highest BCUT2D eigenvalue weighted by Crippen LogP contribution is 2.53. The molecule has 10 nitrogen and oxygen atoms in total. The third-order valence-electron chi connectivity index (χ3n) is 10.2. The van der Waals surface area contributed by atoms with Crippen LogP contribution in [-0.2, 0) is 21.3 Å². The van der Waals surface area contributed by atoms with Gasteiger partial charge in [0.25, 0.3) is 10.1 Å². The van der Waals surface area contributed by atoms with Gasteiger partial charge in [0.05, 0.1) is 11.4 Å². The number of aliphatic hydroxyl groups excluding tert-OH is 1. The Bertz CT molecular complexity index is 1910. The molecule has 8 unspecified atom stereocenters. The molecule has 11 heteroatoms. The molecular formula is C37H39N3O7S. The van der Waals surface area contributed by atoms with Gasteiger partial charge in [0.15, 0.2) is 5.96 Å². The fraction of sp³-hybridized carbons (Fsp3) is 0.378. The standard InChI is InChI=1S/C37H39N3O7S/c38-37(39)40-36-23-9-7-22(8-10-23)34-26-16-27(18-31(34)33(48(43,44)45)15-6-21-4-12-29(46-36)13-5-21)35-30-14-11-28(42)17-24(30)2-1-3-25(20-41)32(19-26)47-35/h4-5,7-14,17-18,25-26,31-36,41-42H,3,6,15-16,19-20H2,(H4,38,39,40)(H,43,44,45). The normalized spacial score (nSPS) is 29.3. The van der Waals surface area contributed by atoms with Gasteiger partial charge in [0.2, 0.25) is 6.23 Å². The first-order valence-corrected chi connectivity index (χ1v) is 17.8. The molecule has 1 fully saturated rings. The highest BCUT2D eigenvalue weighted by molar-refractivity contribution is 7.86. The lowest BCUT2D eigenvalue weighted by molar-refractivity contribution is -0.0416. The molecule has 8 atom stereocenters. The van der Waals surface area contributed by atoms with E-state index in [4.69, 9.17) is 20.9 Å². The summed E-state index contributed by atoms with van der Waals surface area (Å²) in [5.74, 6) is 5.63.